The molecule has 0 aromatic carbocycles. The molecule has 1 aliphatic carbocycles. The van der Waals surface area contributed by atoms with Crippen molar-refractivity contribution >= 4 is 17.4 Å². The van der Waals surface area contributed by atoms with E-state index in [1.807, 2.05) is 0 Å². The number of pyridine rings is 1. The molecule has 1 saturated carbocycles. The summed E-state index contributed by atoms with van der Waals surface area (Å²) >= 11 is 0. The molecule has 0 saturated heterocycles. The Morgan fingerprint density at radius 3 is 2.80 bits per heavy atom. The van der Waals surface area contributed by atoms with Crippen LogP contribution in [-0.2, 0) is 4.79 Å². The summed E-state index contributed by atoms with van der Waals surface area (Å²) in [5, 5.41) is 16.5. The van der Waals surface area contributed by atoms with Crippen molar-refractivity contribution in [2.45, 2.75) is 31.8 Å². The first-order valence-electron chi connectivity index (χ1n) is 6.27. The van der Waals surface area contributed by atoms with Gasteiger partial charge in [-0.25, -0.2) is 0 Å². The van der Waals surface area contributed by atoms with E-state index in [9.17, 15) is 14.9 Å². The summed E-state index contributed by atoms with van der Waals surface area (Å²) in [5.74, 6) is 0.0621. The van der Waals surface area contributed by atoms with Crippen molar-refractivity contribution in [3.8, 4) is 5.88 Å². The van der Waals surface area contributed by atoms with Gasteiger partial charge in [-0.3, -0.25) is 14.9 Å². The van der Waals surface area contributed by atoms with Gasteiger partial charge in [0.05, 0.1) is 12.0 Å². The monoisotopic (exact) mass is 280 g/mol. The van der Waals surface area contributed by atoms with Gasteiger partial charge >= 0.3 is 5.69 Å². The third-order valence-corrected chi connectivity index (χ3v) is 2.92. The van der Waals surface area contributed by atoms with Crippen LogP contribution in [0.15, 0.2) is 12.1 Å². The van der Waals surface area contributed by atoms with Gasteiger partial charge in [-0.1, -0.05) is 0 Å². The maximum atomic E-state index is 11.8. The van der Waals surface area contributed by atoms with Crippen LogP contribution in [0, 0.1) is 10.1 Å². The summed E-state index contributed by atoms with van der Waals surface area (Å²) in [5.41, 5.74) is -0.197. The minimum atomic E-state index is -0.617. The molecule has 1 aromatic heterocycles. The van der Waals surface area contributed by atoms with Crippen LogP contribution in [0.25, 0.3) is 0 Å². The van der Waals surface area contributed by atoms with E-state index in [0.29, 0.717) is 0 Å². The number of nitrogens with one attached hydrogen (secondary N) is 2. The van der Waals surface area contributed by atoms with Gasteiger partial charge in [0.2, 0.25) is 17.6 Å². The van der Waals surface area contributed by atoms with Crippen LogP contribution in [0.1, 0.15) is 19.8 Å². The third-order valence-electron chi connectivity index (χ3n) is 2.92. The highest BCUT2D eigenvalue weighted by atomic mass is 16.6. The summed E-state index contributed by atoms with van der Waals surface area (Å²) in [6.07, 6.45) is 1.96. The van der Waals surface area contributed by atoms with Gasteiger partial charge in [-0.2, -0.15) is 4.98 Å². The quantitative estimate of drug-likeness (QED) is 0.596. The van der Waals surface area contributed by atoms with Crippen molar-refractivity contribution in [2.24, 2.45) is 0 Å². The lowest BCUT2D eigenvalue weighted by molar-refractivity contribution is -0.384. The zero-order valence-electron chi connectivity index (χ0n) is 11.3. The largest absolute Gasteiger partial charge is 0.481 e. The highest BCUT2D eigenvalue weighted by Gasteiger charge is 2.27. The van der Waals surface area contributed by atoms with Gasteiger partial charge in [0, 0.05) is 18.2 Å². The van der Waals surface area contributed by atoms with E-state index in [1.165, 1.54) is 19.2 Å². The molecular formula is C12H16N4O4. The lowest BCUT2D eigenvalue weighted by atomic mass is 10.3. The van der Waals surface area contributed by atoms with Crippen molar-refractivity contribution in [1.82, 2.24) is 10.3 Å². The molecule has 0 aliphatic heterocycles. The second kappa shape index (κ2) is 5.72. The molecule has 1 unspecified atom stereocenters. The molecule has 1 aromatic rings. The van der Waals surface area contributed by atoms with Gasteiger partial charge < -0.3 is 15.4 Å². The minimum absolute atomic E-state index is 0.0211. The summed E-state index contributed by atoms with van der Waals surface area (Å²) in [4.78, 5) is 26.2. The van der Waals surface area contributed by atoms with E-state index in [0.717, 1.165) is 12.8 Å². The van der Waals surface area contributed by atoms with Crippen LogP contribution in [0.4, 0.5) is 11.5 Å². The van der Waals surface area contributed by atoms with Gasteiger partial charge in [0.1, 0.15) is 6.04 Å². The van der Waals surface area contributed by atoms with E-state index in [2.05, 4.69) is 15.6 Å². The molecule has 1 atom stereocenters. The summed E-state index contributed by atoms with van der Waals surface area (Å²) < 4.78 is 4.93. The van der Waals surface area contributed by atoms with E-state index < -0.39 is 11.0 Å². The molecule has 8 nitrogen and oxygen atoms in total. The SMILES string of the molecule is COc1ccc([N+](=O)[O-])c(NC(C)C(=O)NC2CC2)n1. The van der Waals surface area contributed by atoms with Crippen LogP contribution < -0.4 is 15.4 Å². The number of nitro groups is 1. The number of anilines is 1. The van der Waals surface area contributed by atoms with Crippen molar-refractivity contribution in [3.05, 3.63) is 22.2 Å². The second-order valence-corrected chi connectivity index (χ2v) is 4.63. The lowest BCUT2D eigenvalue weighted by Crippen LogP contribution is -2.39. The number of rotatable bonds is 6. The van der Waals surface area contributed by atoms with Crippen LogP contribution in [0.3, 0.4) is 0 Å². The molecule has 1 heterocycles. The molecule has 1 aliphatic rings. The van der Waals surface area contributed by atoms with Gasteiger partial charge in [0.25, 0.3) is 0 Å². The fourth-order valence-electron chi connectivity index (χ4n) is 1.63. The Bertz CT molecular complexity index is 530. The zero-order chi connectivity index (χ0) is 14.7. The minimum Gasteiger partial charge on any atom is -0.481 e. The summed E-state index contributed by atoms with van der Waals surface area (Å²) in [7, 11) is 1.42. The van der Waals surface area contributed by atoms with E-state index >= 15 is 0 Å². The number of nitrogens with zero attached hydrogens (tertiary/aromatic N) is 2. The van der Waals surface area contributed by atoms with Gasteiger partial charge in [-0.05, 0) is 19.8 Å². The number of hydrogen-bond donors (Lipinski definition) is 2. The standard InChI is InChI=1S/C12H16N4O4/c1-7(12(17)14-8-3-4-8)13-11-9(16(18)19)5-6-10(15-11)20-2/h5-8H,3-4H2,1-2H3,(H,13,15)(H,14,17). The normalized spacial score (nSPS) is 15.3. The molecule has 1 fully saturated rings. The van der Waals surface area contributed by atoms with Crippen LogP contribution in [0.5, 0.6) is 5.88 Å². The molecule has 0 bridgehead atoms. The Balaban J connectivity index is 2.12. The molecule has 2 N–H and O–H groups in total. The number of carbonyl (C=O) groups is 1. The fourth-order valence-corrected chi connectivity index (χ4v) is 1.63. The smallest absolute Gasteiger partial charge is 0.311 e. The van der Waals surface area contributed by atoms with Crippen LogP contribution in [-0.4, -0.2) is 35.0 Å². The van der Waals surface area contributed by atoms with Gasteiger partial charge in [-0.15, -0.1) is 0 Å². The summed E-state index contributed by atoms with van der Waals surface area (Å²) in [6, 6.07) is 2.31. The average Bonchev–Trinajstić information content (AvgIpc) is 3.22. The number of methoxy groups -OCH3 is 1. The maximum absolute atomic E-state index is 11.8. The van der Waals surface area contributed by atoms with Crippen molar-refractivity contribution in [2.75, 3.05) is 12.4 Å². The Morgan fingerprint density at radius 2 is 2.25 bits per heavy atom. The molecule has 0 radical (unpaired) electrons. The molecule has 2 rings (SSSR count). The Labute approximate surface area is 115 Å². The van der Waals surface area contributed by atoms with Crippen molar-refractivity contribution < 1.29 is 14.5 Å². The third kappa shape index (κ3) is 3.34. The van der Waals surface area contributed by atoms with Crippen molar-refractivity contribution in [1.29, 1.82) is 0 Å². The Kier molecular flexibility index (Phi) is 4.02. The first-order chi connectivity index (χ1) is 9.51. The predicted octanol–water partition coefficient (Wildman–Crippen LogP) is 1.08. The predicted molar refractivity (Wildman–Crippen MR) is 71.7 cm³/mol. The molecule has 0 spiro atoms. The highest BCUT2D eigenvalue weighted by Crippen LogP contribution is 2.25. The Hall–Kier alpha value is -2.38. The zero-order valence-corrected chi connectivity index (χ0v) is 11.3. The first kappa shape index (κ1) is 14.0. The number of hydrogen-bond acceptors (Lipinski definition) is 6. The lowest BCUT2D eigenvalue weighted by Gasteiger charge is -2.14. The first-order valence-corrected chi connectivity index (χ1v) is 6.27. The maximum Gasteiger partial charge on any atom is 0.311 e. The van der Waals surface area contributed by atoms with E-state index in [-0.39, 0.29) is 29.3 Å². The average molecular weight is 280 g/mol. The Morgan fingerprint density at radius 1 is 1.55 bits per heavy atom. The van der Waals surface area contributed by atoms with Crippen LogP contribution in [0.2, 0.25) is 0 Å². The molecule has 8 heteroatoms. The molecule has 108 valence electrons. The number of carbonyl (C=O) groups excluding carboxylic acids is 1. The van der Waals surface area contributed by atoms with E-state index in [1.54, 1.807) is 6.92 Å². The molecule has 1 amide bonds. The highest BCUT2D eigenvalue weighted by molar-refractivity contribution is 5.85. The summed E-state index contributed by atoms with van der Waals surface area (Å²) in [6.45, 7) is 1.63. The number of amides is 1. The van der Waals surface area contributed by atoms with Crippen molar-refractivity contribution in [3.63, 3.8) is 0 Å². The van der Waals surface area contributed by atoms with E-state index in [4.69, 9.17) is 4.74 Å². The molecule has 20 heavy (non-hydrogen) atoms. The second-order valence-electron chi connectivity index (χ2n) is 4.63. The molecular weight excluding hydrogens is 264 g/mol. The number of aromatic nitrogens is 1. The van der Waals surface area contributed by atoms with Crippen LogP contribution >= 0.6 is 0 Å². The fraction of sp³-hybridized carbons (Fsp3) is 0.500. The number of ether oxygens (including phenoxy) is 1. The van der Waals surface area contributed by atoms with Gasteiger partial charge in [0.15, 0.2) is 0 Å². The topological polar surface area (TPSA) is 106 Å².